The van der Waals surface area contributed by atoms with E-state index < -0.39 is 0 Å². The molecule has 1 heterocycles. The number of hydrogen-bond acceptors (Lipinski definition) is 2. The van der Waals surface area contributed by atoms with Gasteiger partial charge >= 0.3 is 0 Å². The van der Waals surface area contributed by atoms with Gasteiger partial charge in [0.2, 0.25) is 0 Å². The summed E-state index contributed by atoms with van der Waals surface area (Å²) >= 11 is 5.86. The molecule has 0 saturated carbocycles. The minimum Gasteiger partial charge on any atom is -0.384 e. The Bertz CT molecular complexity index is 353. The van der Waals surface area contributed by atoms with Gasteiger partial charge in [-0.1, -0.05) is 15.9 Å². The van der Waals surface area contributed by atoms with E-state index in [0.717, 1.165) is 30.1 Å². The highest BCUT2D eigenvalue weighted by atomic mass is 127. The van der Waals surface area contributed by atoms with E-state index in [1.54, 1.807) is 0 Å². The van der Waals surface area contributed by atoms with Gasteiger partial charge in [0.1, 0.15) is 0 Å². The van der Waals surface area contributed by atoms with E-state index in [1.165, 1.54) is 22.1 Å². The fourth-order valence-corrected chi connectivity index (χ4v) is 2.73. The highest BCUT2D eigenvalue weighted by Gasteiger charge is 2.13. The molecule has 0 amide bonds. The largest absolute Gasteiger partial charge is 0.384 e. The fourth-order valence-electron chi connectivity index (χ4n) is 1.84. The van der Waals surface area contributed by atoms with E-state index in [-0.39, 0.29) is 0 Å². The average molecular weight is 396 g/mol. The maximum Gasteiger partial charge on any atom is 0.0487 e. The normalized spacial score (nSPS) is 17.4. The molecule has 2 rings (SSSR count). The molecule has 0 aromatic heterocycles. The van der Waals surface area contributed by atoms with Gasteiger partial charge < -0.3 is 10.1 Å². The molecule has 1 N–H and O–H groups in total. The summed E-state index contributed by atoms with van der Waals surface area (Å²) in [6.45, 7) is 2.89. The quantitative estimate of drug-likeness (QED) is 0.784. The van der Waals surface area contributed by atoms with Gasteiger partial charge in [0.15, 0.2) is 0 Å². The fraction of sp³-hybridized carbons (Fsp3) is 0.500. The highest BCUT2D eigenvalue weighted by molar-refractivity contribution is 14.1. The van der Waals surface area contributed by atoms with Crippen LogP contribution in [-0.4, -0.2) is 19.8 Å². The number of nitrogens with one attached hydrogen (secondary N) is 1. The molecular formula is C12H15BrINO. The SMILES string of the molecule is Brc1ccc(I)c(NCC2CCOCC2)c1. The van der Waals surface area contributed by atoms with Crippen LogP contribution in [0.5, 0.6) is 0 Å². The number of hydrogen-bond donors (Lipinski definition) is 1. The number of ether oxygens (including phenoxy) is 1. The Hall–Kier alpha value is 0.190. The van der Waals surface area contributed by atoms with Gasteiger partial charge in [0.05, 0.1) is 0 Å². The van der Waals surface area contributed by atoms with Crippen molar-refractivity contribution in [1.29, 1.82) is 0 Å². The Kier molecular flexibility index (Phi) is 4.91. The first-order valence-electron chi connectivity index (χ1n) is 5.52. The lowest BCUT2D eigenvalue weighted by Gasteiger charge is -2.23. The second-order valence-electron chi connectivity index (χ2n) is 4.06. The third kappa shape index (κ3) is 3.60. The van der Waals surface area contributed by atoms with Gasteiger partial charge in [0, 0.05) is 33.5 Å². The molecule has 0 unspecified atom stereocenters. The average Bonchev–Trinajstić information content (AvgIpc) is 2.32. The predicted molar refractivity (Wildman–Crippen MR) is 78.9 cm³/mol. The van der Waals surface area contributed by atoms with Crippen LogP contribution in [0.25, 0.3) is 0 Å². The Morgan fingerprint density at radius 1 is 1.38 bits per heavy atom. The van der Waals surface area contributed by atoms with Crippen LogP contribution in [0.1, 0.15) is 12.8 Å². The van der Waals surface area contributed by atoms with E-state index in [0.29, 0.717) is 0 Å². The van der Waals surface area contributed by atoms with Crippen molar-refractivity contribution in [2.24, 2.45) is 5.92 Å². The first kappa shape index (κ1) is 12.6. The van der Waals surface area contributed by atoms with Crippen LogP contribution in [0.4, 0.5) is 5.69 Å². The van der Waals surface area contributed by atoms with Crippen LogP contribution in [0, 0.1) is 9.49 Å². The molecule has 0 spiro atoms. The van der Waals surface area contributed by atoms with Gasteiger partial charge in [-0.2, -0.15) is 0 Å². The second-order valence-corrected chi connectivity index (χ2v) is 6.14. The summed E-state index contributed by atoms with van der Waals surface area (Å²) in [5.41, 5.74) is 1.22. The van der Waals surface area contributed by atoms with Crippen LogP contribution >= 0.6 is 38.5 Å². The van der Waals surface area contributed by atoms with Gasteiger partial charge in [-0.15, -0.1) is 0 Å². The molecule has 0 bridgehead atoms. The summed E-state index contributed by atoms with van der Waals surface area (Å²) in [6, 6.07) is 6.33. The summed E-state index contributed by atoms with van der Waals surface area (Å²) < 4.78 is 7.76. The smallest absolute Gasteiger partial charge is 0.0487 e. The van der Waals surface area contributed by atoms with E-state index in [1.807, 2.05) is 0 Å². The van der Waals surface area contributed by atoms with E-state index in [2.05, 4.69) is 62.0 Å². The van der Waals surface area contributed by atoms with Gasteiger partial charge in [-0.3, -0.25) is 0 Å². The summed E-state index contributed by atoms with van der Waals surface area (Å²) in [5, 5.41) is 3.53. The van der Waals surface area contributed by atoms with Crippen LogP contribution in [0.2, 0.25) is 0 Å². The standard InChI is InChI=1S/C12H15BrINO/c13-10-1-2-11(14)12(7-10)15-8-9-3-5-16-6-4-9/h1-2,7,9,15H,3-6,8H2. The number of rotatable bonds is 3. The predicted octanol–water partition coefficient (Wildman–Crippen LogP) is 3.89. The van der Waals surface area contributed by atoms with Crippen LogP contribution in [0.15, 0.2) is 22.7 Å². The Morgan fingerprint density at radius 3 is 2.88 bits per heavy atom. The third-order valence-electron chi connectivity index (χ3n) is 2.85. The lowest BCUT2D eigenvalue weighted by Crippen LogP contribution is -2.22. The minimum atomic E-state index is 0.753. The second kappa shape index (κ2) is 6.21. The summed E-state index contributed by atoms with van der Waals surface area (Å²) in [5.74, 6) is 0.753. The third-order valence-corrected chi connectivity index (χ3v) is 4.28. The molecule has 1 saturated heterocycles. The molecule has 0 aliphatic carbocycles. The van der Waals surface area contributed by atoms with Crippen molar-refractivity contribution >= 4 is 44.2 Å². The topological polar surface area (TPSA) is 21.3 Å². The molecule has 16 heavy (non-hydrogen) atoms. The van der Waals surface area contributed by atoms with Crippen LogP contribution in [0.3, 0.4) is 0 Å². The zero-order chi connectivity index (χ0) is 11.4. The monoisotopic (exact) mass is 395 g/mol. The molecule has 1 fully saturated rings. The zero-order valence-electron chi connectivity index (χ0n) is 9.01. The van der Waals surface area contributed by atoms with Gasteiger partial charge in [-0.25, -0.2) is 0 Å². The van der Waals surface area contributed by atoms with Crippen molar-refractivity contribution in [2.45, 2.75) is 12.8 Å². The van der Waals surface area contributed by atoms with Crippen molar-refractivity contribution in [2.75, 3.05) is 25.1 Å². The summed E-state index contributed by atoms with van der Waals surface area (Å²) in [4.78, 5) is 0. The summed E-state index contributed by atoms with van der Waals surface area (Å²) in [6.07, 6.45) is 2.36. The molecule has 1 aliphatic rings. The molecule has 4 heteroatoms. The minimum absolute atomic E-state index is 0.753. The van der Waals surface area contributed by atoms with Crippen molar-refractivity contribution in [3.05, 3.63) is 26.2 Å². The Balaban J connectivity index is 1.90. The van der Waals surface area contributed by atoms with Crippen molar-refractivity contribution in [3.63, 3.8) is 0 Å². The van der Waals surface area contributed by atoms with Crippen LogP contribution in [-0.2, 0) is 4.74 Å². The maximum atomic E-state index is 5.36. The van der Waals surface area contributed by atoms with Crippen molar-refractivity contribution in [3.8, 4) is 0 Å². The van der Waals surface area contributed by atoms with Gasteiger partial charge in [0.25, 0.3) is 0 Å². The number of anilines is 1. The van der Waals surface area contributed by atoms with Crippen molar-refractivity contribution < 1.29 is 4.74 Å². The molecule has 1 aromatic rings. The number of halogens is 2. The lowest BCUT2D eigenvalue weighted by atomic mass is 10.0. The summed E-state index contributed by atoms with van der Waals surface area (Å²) in [7, 11) is 0. The Morgan fingerprint density at radius 2 is 2.12 bits per heavy atom. The van der Waals surface area contributed by atoms with Crippen LogP contribution < -0.4 is 5.32 Å². The zero-order valence-corrected chi connectivity index (χ0v) is 12.8. The first-order chi connectivity index (χ1) is 7.75. The molecule has 0 radical (unpaired) electrons. The molecule has 88 valence electrons. The lowest BCUT2D eigenvalue weighted by molar-refractivity contribution is 0.0699. The maximum absolute atomic E-state index is 5.36. The molecule has 1 aromatic carbocycles. The first-order valence-corrected chi connectivity index (χ1v) is 7.39. The molecular weight excluding hydrogens is 381 g/mol. The Labute approximate surface area is 118 Å². The molecule has 0 atom stereocenters. The van der Waals surface area contributed by atoms with Gasteiger partial charge in [-0.05, 0) is 59.5 Å². The molecule has 1 aliphatic heterocycles. The van der Waals surface area contributed by atoms with E-state index in [4.69, 9.17) is 4.74 Å². The molecule has 2 nitrogen and oxygen atoms in total. The van der Waals surface area contributed by atoms with Crippen molar-refractivity contribution in [1.82, 2.24) is 0 Å². The highest BCUT2D eigenvalue weighted by Crippen LogP contribution is 2.24. The van der Waals surface area contributed by atoms with E-state index >= 15 is 0 Å². The van der Waals surface area contributed by atoms with E-state index in [9.17, 15) is 0 Å². The number of benzene rings is 1.